The van der Waals surface area contributed by atoms with Crippen LogP contribution in [0.25, 0.3) is 11.5 Å². The molecular formula is C21H19Cl2N7O2. The third kappa shape index (κ3) is 3.87. The number of hydrogen-bond acceptors (Lipinski definition) is 7. The van der Waals surface area contributed by atoms with E-state index in [1.165, 1.54) is 4.80 Å². The molecule has 11 heteroatoms. The van der Waals surface area contributed by atoms with Crippen molar-refractivity contribution in [2.24, 2.45) is 0 Å². The first-order valence-corrected chi connectivity index (χ1v) is 10.8. The lowest BCUT2D eigenvalue weighted by Gasteiger charge is -2.19. The average Bonchev–Trinajstić information content (AvgIpc) is 3.15. The van der Waals surface area contributed by atoms with E-state index >= 15 is 0 Å². The van der Waals surface area contributed by atoms with Crippen LogP contribution < -0.4 is 0 Å². The number of rotatable bonds is 8. The number of ether oxygens (including phenoxy) is 1. The molecule has 0 atom stereocenters. The van der Waals surface area contributed by atoms with E-state index in [-0.39, 0.29) is 24.0 Å². The van der Waals surface area contributed by atoms with Gasteiger partial charge in [-0.3, -0.25) is 4.79 Å². The summed E-state index contributed by atoms with van der Waals surface area (Å²) < 4.78 is 7.23. The van der Waals surface area contributed by atoms with Gasteiger partial charge in [0.1, 0.15) is 5.78 Å². The summed E-state index contributed by atoms with van der Waals surface area (Å²) in [6.45, 7) is 0.549. The van der Waals surface area contributed by atoms with Crippen LogP contribution in [0.4, 0.5) is 0 Å². The van der Waals surface area contributed by atoms with Crippen molar-refractivity contribution in [1.82, 2.24) is 34.6 Å². The van der Waals surface area contributed by atoms with Crippen molar-refractivity contribution in [3.05, 3.63) is 63.9 Å². The molecular weight excluding hydrogens is 453 g/mol. The second kappa shape index (κ2) is 8.23. The van der Waals surface area contributed by atoms with Gasteiger partial charge in [0.2, 0.25) is 0 Å². The number of fused-ring (bicyclic) bond motifs is 1. The minimum Gasteiger partial charge on any atom is -0.384 e. The third-order valence-corrected chi connectivity index (χ3v) is 6.04. The zero-order valence-electron chi connectivity index (χ0n) is 17.2. The number of Topliss-reactive ketones (excluding diaryl/α,β-unsaturated/α-hetero) is 1. The number of carbonyl (C=O) groups is 1. The van der Waals surface area contributed by atoms with Gasteiger partial charge in [0.25, 0.3) is 0 Å². The Balaban J connectivity index is 1.41. The van der Waals surface area contributed by atoms with Crippen molar-refractivity contribution in [3.63, 3.8) is 0 Å². The summed E-state index contributed by atoms with van der Waals surface area (Å²) in [5.41, 5.74) is 2.97. The summed E-state index contributed by atoms with van der Waals surface area (Å²) in [5.74, 6) is 0.428. The second-order valence-electron chi connectivity index (χ2n) is 7.94. The van der Waals surface area contributed by atoms with Gasteiger partial charge >= 0.3 is 0 Å². The normalized spacial score (nSPS) is 14.7. The van der Waals surface area contributed by atoms with Crippen molar-refractivity contribution in [1.29, 1.82) is 0 Å². The van der Waals surface area contributed by atoms with E-state index in [2.05, 4.69) is 25.3 Å². The molecule has 1 aliphatic rings. The highest BCUT2D eigenvalue weighted by Crippen LogP contribution is 2.49. The van der Waals surface area contributed by atoms with Crippen LogP contribution >= 0.6 is 23.2 Å². The third-order valence-electron chi connectivity index (χ3n) is 5.58. The predicted molar refractivity (Wildman–Crippen MR) is 117 cm³/mol. The van der Waals surface area contributed by atoms with Crippen LogP contribution in [0.1, 0.15) is 29.7 Å². The Labute approximate surface area is 193 Å². The van der Waals surface area contributed by atoms with Crippen LogP contribution in [0.2, 0.25) is 10.2 Å². The molecule has 0 bridgehead atoms. The molecule has 0 aromatic carbocycles. The smallest absolute Gasteiger partial charge is 0.193 e. The van der Waals surface area contributed by atoms with E-state index in [0.29, 0.717) is 33.8 Å². The molecule has 1 fully saturated rings. The lowest BCUT2D eigenvalue weighted by molar-refractivity contribution is -0.117. The number of hydrogen-bond donors (Lipinski definition) is 0. The maximum absolute atomic E-state index is 13.0. The largest absolute Gasteiger partial charge is 0.384 e. The highest BCUT2D eigenvalue weighted by Gasteiger charge is 2.48. The lowest BCUT2D eigenvalue weighted by atomic mass is 9.94. The summed E-state index contributed by atoms with van der Waals surface area (Å²) in [4.78, 5) is 23.1. The molecule has 164 valence electrons. The first kappa shape index (κ1) is 21.0. The highest BCUT2D eigenvalue weighted by molar-refractivity contribution is 6.32. The van der Waals surface area contributed by atoms with Crippen LogP contribution in [0.15, 0.2) is 36.9 Å². The first-order chi connectivity index (χ1) is 15.5. The molecule has 4 aromatic rings. The number of pyridine rings is 1. The Morgan fingerprint density at radius 3 is 2.59 bits per heavy atom. The molecule has 4 heterocycles. The van der Waals surface area contributed by atoms with E-state index in [0.717, 1.165) is 24.1 Å². The molecule has 32 heavy (non-hydrogen) atoms. The number of methoxy groups -OCH3 is 1. The molecule has 0 amide bonds. The van der Waals surface area contributed by atoms with Gasteiger partial charge < -0.3 is 4.74 Å². The van der Waals surface area contributed by atoms with Gasteiger partial charge in [-0.15, -0.1) is 4.80 Å². The van der Waals surface area contributed by atoms with Gasteiger partial charge in [0.05, 0.1) is 29.7 Å². The van der Waals surface area contributed by atoms with Gasteiger partial charge in [-0.1, -0.05) is 23.2 Å². The van der Waals surface area contributed by atoms with Gasteiger partial charge in [-0.25, -0.2) is 14.5 Å². The van der Waals surface area contributed by atoms with E-state index in [1.807, 2.05) is 0 Å². The molecule has 0 unspecified atom stereocenters. The topological polar surface area (TPSA) is 100 Å². The van der Waals surface area contributed by atoms with Crippen molar-refractivity contribution in [2.75, 3.05) is 13.7 Å². The van der Waals surface area contributed by atoms with Gasteiger partial charge in [0.15, 0.2) is 16.6 Å². The quantitative estimate of drug-likeness (QED) is 0.389. The van der Waals surface area contributed by atoms with Gasteiger partial charge in [-0.05, 0) is 24.5 Å². The summed E-state index contributed by atoms with van der Waals surface area (Å²) in [6.07, 6.45) is 8.76. The molecule has 5 rings (SSSR count). The molecule has 1 aliphatic carbocycles. The number of halogens is 2. The van der Waals surface area contributed by atoms with E-state index < -0.39 is 0 Å². The van der Waals surface area contributed by atoms with Crippen LogP contribution in [0, 0.1) is 0 Å². The lowest BCUT2D eigenvalue weighted by Crippen LogP contribution is -2.23. The fourth-order valence-electron chi connectivity index (χ4n) is 4.05. The molecule has 1 saturated carbocycles. The SMILES string of the molecule is COCC1(c2c(CC(=O)Cc3cnc(-n4nccn4)c(Cl)c3)cnc3cc(Cl)nn23)CC1. The highest BCUT2D eigenvalue weighted by atomic mass is 35.5. The second-order valence-corrected chi connectivity index (χ2v) is 8.74. The standard InChI is InChI=1S/C21H19Cl2N7O2/c1-32-12-21(2-3-21)19-14(11-24-18-9-17(23)28-29(18)19)8-15(31)6-13-7-16(22)20(25-10-13)30-26-4-5-27-30/h4-5,7,9-11H,2-3,6,8,12H2,1H3. The van der Waals surface area contributed by atoms with Crippen LogP contribution in [0.5, 0.6) is 0 Å². The molecule has 9 nitrogen and oxygen atoms in total. The van der Waals surface area contributed by atoms with Crippen LogP contribution in [-0.4, -0.2) is 54.1 Å². The maximum Gasteiger partial charge on any atom is 0.193 e. The molecule has 0 spiro atoms. The fraction of sp³-hybridized carbons (Fsp3) is 0.333. The average molecular weight is 472 g/mol. The van der Waals surface area contributed by atoms with Crippen molar-refractivity contribution >= 4 is 34.6 Å². The number of carbonyl (C=O) groups excluding carboxylic acids is 1. The monoisotopic (exact) mass is 471 g/mol. The minimum atomic E-state index is -0.176. The molecule has 0 radical (unpaired) electrons. The Morgan fingerprint density at radius 2 is 1.91 bits per heavy atom. The van der Waals surface area contributed by atoms with Crippen molar-refractivity contribution in [3.8, 4) is 5.82 Å². The van der Waals surface area contributed by atoms with Crippen LogP contribution in [-0.2, 0) is 27.8 Å². The Bertz CT molecular complexity index is 1300. The summed E-state index contributed by atoms with van der Waals surface area (Å²) in [7, 11) is 1.68. The number of nitrogens with zero attached hydrogens (tertiary/aromatic N) is 7. The zero-order chi connectivity index (χ0) is 22.3. The Morgan fingerprint density at radius 1 is 1.12 bits per heavy atom. The van der Waals surface area contributed by atoms with Crippen molar-refractivity contribution in [2.45, 2.75) is 31.1 Å². The summed E-state index contributed by atoms with van der Waals surface area (Å²) in [5, 5.41) is 13.2. The van der Waals surface area contributed by atoms with E-state index in [9.17, 15) is 4.79 Å². The Hall–Kier alpha value is -2.88. The molecule has 0 N–H and O–H groups in total. The molecule has 4 aromatic heterocycles. The van der Waals surface area contributed by atoms with Crippen LogP contribution in [0.3, 0.4) is 0 Å². The summed E-state index contributed by atoms with van der Waals surface area (Å²) >= 11 is 12.5. The number of aromatic nitrogens is 7. The van der Waals surface area contributed by atoms with E-state index in [1.54, 1.807) is 48.5 Å². The van der Waals surface area contributed by atoms with Gasteiger partial charge in [0, 0.05) is 49.4 Å². The molecule has 0 saturated heterocycles. The van der Waals surface area contributed by atoms with Gasteiger partial charge in [-0.2, -0.15) is 15.3 Å². The van der Waals surface area contributed by atoms with Crippen molar-refractivity contribution < 1.29 is 9.53 Å². The predicted octanol–water partition coefficient (Wildman–Crippen LogP) is 3.04. The zero-order valence-corrected chi connectivity index (χ0v) is 18.7. The maximum atomic E-state index is 13.0. The molecule has 0 aliphatic heterocycles. The first-order valence-electron chi connectivity index (χ1n) is 10.0. The minimum absolute atomic E-state index is 0.0155. The summed E-state index contributed by atoms with van der Waals surface area (Å²) in [6, 6.07) is 3.43. The van der Waals surface area contributed by atoms with E-state index in [4.69, 9.17) is 27.9 Å². The fourth-order valence-corrected chi connectivity index (χ4v) is 4.49. The number of ketones is 1. The Kier molecular flexibility index (Phi) is 5.40.